The lowest BCUT2D eigenvalue weighted by Gasteiger charge is -2.39. The second kappa shape index (κ2) is 9.84. The lowest BCUT2D eigenvalue weighted by molar-refractivity contribution is -0.134. The number of imidazole rings is 1. The number of anilines is 1. The Morgan fingerprint density at radius 2 is 1.75 bits per heavy atom. The molecular weight excluding hydrogens is 396 g/mol. The summed E-state index contributed by atoms with van der Waals surface area (Å²) in [6.07, 6.45) is 9.14. The normalized spacial score (nSPS) is 18.9. The number of amides is 1. The molecule has 0 spiro atoms. The van der Waals surface area contributed by atoms with Gasteiger partial charge in [0.25, 0.3) is 0 Å². The molecule has 176 valence electrons. The number of nitrogens with zero attached hydrogens (tertiary/aromatic N) is 4. The topological polar surface area (TPSA) is 41.4 Å². The van der Waals surface area contributed by atoms with Crippen LogP contribution in [0.3, 0.4) is 0 Å². The Kier molecular flexibility index (Phi) is 7.11. The maximum absolute atomic E-state index is 13.2. The molecule has 2 heterocycles. The second-order valence-corrected chi connectivity index (χ2v) is 10.9. The van der Waals surface area contributed by atoms with Crippen LogP contribution in [0.15, 0.2) is 24.3 Å². The summed E-state index contributed by atoms with van der Waals surface area (Å²) >= 11 is 0. The third-order valence-corrected chi connectivity index (χ3v) is 7.86. The van der Waals surface area contributed by atoms with Crippen molar-refractivity contribution in [2.75, 3.05) is 24.5 Å². The van der Waals surface area contributed by atoms with Crippen LogP contribution in [-0.2, 0) is 11.3 Å². The van der Waals surface area contributed by atoms with Crippen LogP contribution >= 0.6 is 0 Å². The minimum atomic E-state index is 0.301. The van der Waals surface area contributed by atoms with Crippen LogP contribution in [0.25, 0.3) is 11.0 Å². The van der Waals surface area contributed by atoms with Crippen LogP contribution in [-0.4, -0.2) is 46.0 Å². The van der Waals surface area contributed by atoms with Crippen LogP contribution in [0.2, 0.25) is 0 Å². The molecule has 1 aromatic heterocycles. The van der Waals surface area contributed by atoms with E-state index >= 15 is 0 Å². The van der Waals surface area contributed by atoms with Gasteiger partial charge in [-0.15, -0.1) is 0 Å². The molecule has 4 rings (SSSR count). The van der Waals surface area contributed by atoms with Crippen molar-refractivity contribution in [3.05, 3.63) is 24.3 Å². The zero-order chi connectivity index (χ0) is 22.7. The summed E-state index contributed by atoms with van der Waals surface area (Å²) in [7, 11) is 0. The number of aryl methyl sites for hydroxylation is 1. The Balaban J connectivity index is 1.50. The zero-order valence-corrected chi connectivity index (χ0v) is 20.6. The first kappa shape index (κ1) is 23.1. The lowest BCUT2D eigenvalue weighted by Crippen LogP contribution is -2.42. The molecule has 0 N–H and O–H groups in total. The SMILES string of the molecule is CCN(C(=O)CCn1c(N2CCC(C(C)(C)C)CC2)nc2ccccc21)C1CCCCC1. The first-order valence-electron chi connectivity index (χ1n) is 12.9. The standard InChI is InChI=1S/C27H42N4O/c1-5-30(22-11-7-6-8-12-22)25(32)17-20-31-24-14-10-9-13-23(24)28-26(31)29-18-15-21(16-19-29)27(2,3)4/h9-10,13-14,21-22H,5-8,11-12,15-20H2,1-4H3. The molecule has 0 radical (unpaired) electrons. The van der Waals surface area contributed by atoms with Crippen LogP contribution in [0.4, 0.5) is 5.95 Å². The van der Waals surface area contributed by atoms with Crippen LogP contribution in [0.5, 0.6) is 0 Å². The van der Waals surface area contributed by atoms with E-state index in [2.05, 4.69) is 66.3 Å². The van der Waals surface area contributed by atoms with Gasteiger partial charge in [0.2, 0.25) is 11.9 Å². The predicted octanol–water partition coefficient (Wildman–Crippen LogP) is 5.87. The van der Waals surface area contributed by atoms with Gasteiger partial charge in [0, 0.05) is 38.6 Å². The number of hydrogen-bond donors (Lipinski definition) is 0. The largest absolute Gasteiger partial charge is 0.342 e. The molecule has 0 unspecified atom stereocenters. The van der Waals surface area contributed by atoms with Gasteiger partial charge < -0.3 is 14.4 Å². The molecular formula is C27H42N4O. The smallest absolute Gasteiger partial charge is 0.224 e. The number of carbonyl (C=O) groups is 1. The van der Waals surface area contributed by atoms with Crippen molar-refractivity contribution >= 4 is 22.9 Å². The highest BCUT2D eigenvalue weighted by atomic mass is 16.2. The monoisotopic (exact) mass is 438 g/mol. The fraction of sp³-hybridized carbons (Fsp3) is 0.704. The number of benzene rings is 1. The molecule has 1 aliphatic heterocycles. The highest BCUT2D eigenvalue weighted by molar-refractivity contribution is 5.80. The molecule has 2 aromatic rings. The van der Waals surface area contributed by atoms with Crippen molar-refractivity contribution in [2.45, 2.75) is 91.6 Å². The molecule has 5 heteroatoms. The van der Waals surface area contributed by atoms with Gasteiger partial charge in [-0.3, -0.25) is 4.79 Å². The van der Waals surface area contributed by atoms with E-state index in [-0.39, 0.29) is 0 Å². The van der Waals surface area contributed by atoms with E-state index in [4.69, 9.17) is 4.98 Å². The fourth-order valence-corrected chi connectivity index (χ4v) is 5.85. The van der Waals surface area contributed by atoms with Gasteiger partial charge in [0.05, 0.1) is 11.0 Å². The molecule has 1 saturated heterocycles. The van der Waals surface area contributed by atoms with E-state index in [9.17, 15) is 4.79 Å². The van der Waals surface area contributed by atoms with Crippen LogP contribution in [0, 0.1) is 11.3 Å². The first-order chi connectivity index (χ1) is 15.4. The Labute approximate surface area is 194 Å². The minimum Gasteiger partial charge on any atom is -0.342 e. The fourth-order valence-electron chi connectivity index (χ4n) is 5.85. The third-order valence-electron chi connectivity index (χ3n) is 7.86. The molecule has 1 aliphatic carbocycles. The summed E-state index contributed by atoms with van der Waals surface area (Å²) in [5.41, 5.74) is 2.54. The molecule has 5 nitrogen and oxygen atoms in total. The molecule has 2 aliphatic rings. The Morgan fingerprint density at radius 1 is 1.06 bits per heavy atom. The quantitative estimate of drug-likeness (QED) is 0.566. The molecule has 0 bridgehead atoms. The minimum absolute atomic E-state index is 0.301. The zero-order valence-electron chi connectivity index (χ0n) is 20.6. The average Bonchev–Trinajstić information content (AvgIpc) is 3.17. The highest BCUT2D eigenvalue weighted by Gasteiger charge is 2.31. The molecule has 1 amide bonds. The predicted molar refractivity (Wildman–Crippen MR) is 133 cm³/mol. The van der Waals surface area contributed by atoms with E-state index in [1.54, 1.807) is 0 Å². The van der Waals surface area contributed by atoms with Gasteiger partial charge in [-0.05, 0) is 56.1 Å². The highest BCUT2D eigenvalue weighted by Crippen LogP contribution is 2.36. The number of hydrogen-bond acceptors (Lipinski definition) is 3. The summed E-state index contributed by atoms with van der Waals surface area (Å²) in [6.45, 7) is 12.8. The van der Waals surface area contributed by atoms with Gasteiger partial charge in [-0.1, -0.05) is 52.2 Å². The van der Waals surface area contributed by atoms with Crippen molar-refractivity contribution in [1.82, 2.24) is 14.5 Å². The summed E-state index contributed by atoms with van der Waals surface area (Å²) in [5.74, 6) is 2.11. The first-order valence-corrected chi connectivity index (χ1v) is 12.9. The average molecular weight is 439 g/mol. The molecule has 2 fully saturated rings. The van der Waals surface area contributed by atoms with Gasteiger partial charge >= 0.3 is 0 Å². The van der Waals surface area contributed by atoms with Crippen LogP contribution < -0.4 is 4.90 Å². The summed E-state index contributed by atoms with van der Waals surface area (Å²) in [5, 5.41) is 0. The van der Waals surface area contributed by atoms with Crippen molar-refractivity contribution < 1.29 is 4.79 Å². The molecule has 32 heavy (non-hydrogen) atoms. The van der Waals surface area contributed by atoms with E-state index < -0.39 is 0 Å². The maximum atomic E-state index is 13.2. The number of para-hydroxylation sites is 2. The van der Waals surface area contributed by atoms with E-state index in [1.165, 1.54) is 44.9 Å². The van der Waals surface area contributed by atoms with E-state index in [1.807, 2.05) is 0 Å². The number of fused-ring (bicyclic) bond motifs is 1. The van der Waals surface area contributed by atoms with Gasteiger partial charge in [-0.2, -0.15) is 0 Å². The van der Waals surface area contributed by atoms with Crippen molar-refractivity contribution in [3.8, 4) is 0 Å². The lowest BCUT2D eigenvalue weighted by atomic mass is 9.75. The second-order valence-electron chi connectivity index (χ2n) is 10.9. The third kappa shape index (κ3) is 4.97. The van der Waals surface area contributed by atoms with E-state index in [0.29, 0.717) is 30.3 Å². The number of carbonyl (C=O) groups excluding carboxylic acids is 1. The summed E-state index contributed by atoms with van der Waals surface area (Å²) in [4.78, 5) is 22.8. The summed E-state index contributed by atoms with van der Waals surface area (Å²) in [6, 6.07) is 8.83. The van der Waals surface area contributed by atoms with Gasteiger partial charge in [0.1, 0.15) is 0 Å². The van der Waals surface area contributed by atoms with Crippen molar-refractivity contribution in [2.24, 2.45) is 11.3 Å². The van der Waals surface area contributed by atoms with E-state index in [0.717, 1.165) is 42.5 Å². The number of aromatic nitrogens is 2. The maximum Gasteiger partial charge on any atom is 0.224 e. The van der Waals surface area contributed by atoms with Gasteiger partial charge in [-0.25, -0.2) is 4.98 Å². The Bertz CT molecular complexity index is 898. The summed E-state index contributed by atoms with van der Waals surface area (Å²) < 4.78 is 2.30. The van der Waals surface area contributed by atoms with Crippen molar-refractivity contribution in [3.63, 3.8) is 0 Å². The Hall–Kier alpha value is -2.04. The number of rotatable bonds is 6. The van der Waals surface area contributed by atoms with Crippen molar-refractivity contribution in [1.29, 1.82) is 0 Å². The van der Waals surface area contributed by atoms with Gasteiger partial charge in [0.15, 0.2) is 0 Å². The van der Waals surface area contributed by atoms with Crippen LogP contribution in [0.1, 0.15) is 79.1 Å². The number of piperidine rings is 1. The molecule has 0 atom stereocenters. The Morgan fingerprint density at radius 3 is 2.41 bits per heavy atom. The molecule has 1 aromatic carbocycles. The molecule has 1 saturated carbocycles.